The summed E-state index contributed by atoms with van der Waals surface area (Å²) in [7, 11) is 0. The lowest BCUT2D eigenvalue weighted by molar-refractivity contribution is 0.0934. The summed E-state index contributed by atoms with van der Waals surface area (Å²) in [5, 5.41) is 12.6. The van der Waals surface area contributed by atoms with E-state index in [1.54, 1.807) is 0 Å². The van der Waals surface area contributed by atoms with E-state index in [0.29, 0.717) is 24.7 Å². The van der Waals surface area contributed by atoms with Crippen LogP contribution in [0.2, 0.25) is 0 Å². The Bertz CT molecular complexity index is 660. The lowest BCUT2D eigenvalue weighted by Crippen LogP contribution is -2.27. The first kappa shape index (κ1) is 13.9. The number of ether oxygens (including phenoxy) is 2. The summed E-state index contributed by atoms with van der Waals surface area (Å²) in [5.41, 5.74) is 1.15. The number of H-pyrrole nitrogens is 1. The number of nitrogens with one attached hydrogen (secondary N) is 2. The maximum absolute atomic E-state index is 12.0. The molecule has 0 spiro atoms. The topological polar surface area (TPSA) is 89.1 Å². The van der Waals surface area contributed by atoms with Crippen LogP contribution < -0.4 is 14.8 Å². The molecule has 0 saturated carbocycles. The molecule has 0 unspecified atom stereocenters. The number of aromatic nitrogens is 3. The monoisotopic (exact) mass is 352 g/mol. The maximum Gasteiger partial charge on any atom is 0.273 e. The summed E-state index contributed by atoms with van der Waals surface area (Å²) in [6.45, 7) is 2.94. The number of aromatic amines is 1. The van der Waals surface area contributed by atoms with Crippen LogP contribution in [0.25, 0.3) is 0 Å². The zero-order valence-corrected chi connectivity index (χ0v) is 12.8. The number of hydrogen-bond acceptors (Lipinski definition) is 5. The van der Waals surface area contributed by atoms with Gasteiger partial charge in [0.1, 0.15) is 13.2 Å². The molecule has 3 rings (SSSR count). The molecule has 0 radical (unpaired) electrons. The van der Waals surface area contributed by atoms with Gasteiger partial charge in [0, 0.05) is 4.47 Å². The summed E-state index contributed by atoms with van der Waals surface area (Å²) in [5.74, 6) is 1.09. The minimum absolute atomic E-state index is 0.223. The number of carbonyl (C=O) groups is 1. The molecule has 0 saturated heterocycles. The summed E-state index contributed by atoms with van der Waals surface area (Å²) in [6, 6.07) is 3.49. The highest BCUT2D eigenvalue weighted by Gasteiger charge is 2.20. The first-order valence-corrected chi connectivity index (χ1v) is 7.20. The highest BCUT2D eigenvalue weighted by molar-refractivity contribution is 9.10. The lowest BCUT2D eigenvalue weighted by Gasteiger charge is -2.22. The van der Waals surface area contributed by atoms with E-state index in [9.17, 15) is 4.79 Å². The van der Waals surface area contributed by atoms with Crippen molar-refractivity contribution >= 4 is 21.8 Å². The normalized spacial score (nSPS) is 14.6. The highest BCUT2D eigenvalue weighted by atomic mass is 79.9. The molecule has 1 aliphatic heterocycles. The summed E-state index contributed by atoms with van der Waals surface area (Å²) < 4.78 is 11.9. The van der Waals surface area contributed by atoms with Gasteiger partial charge in [-0.2, -0.15) is 15.4 Å². The van der Waals surface area contributed by atoms with E-state index in [1.807, 2.05) is 19.1 Å². The number of hydrogen-bond donors (Lipinski definition) is 2. The van der Waals surface area contributed by atoms with E-state index in [-0.39, 0.29) is 17.6 Å². The summed E-state index contributed by atoms with van der Waals surface area (Å²) in [4.78, 5) is 12.0. The quantitative estimate of drug-likeness (QED) is 0.879. The fraction of sp³-hybridized carbons (Fsp3) is 0.308. The minimum Gasteiger partial charge on any atom is -0.486 e. The third-order valence-electron chi connectivity index (χ3n) is 3.12. The van der Waals surface area contributed by atoms with E-state index in [4.69, 9.17) is 9.47 Å². The standard InChI is InChI=1S/C13H13BrN4O3/c1-7(16-13(19)10-6-15-18-17-10)8-4-11-12(5-9(8)14)21-3-2-20-11/h4-7H,2-3H2,1H3,(H,16,19)(H,15,17,18)/t7-/m1/s1. The molecule has 1 aliphatic rings. The Morgan fingerprint density at radius 2 is 2.10 bits per heavy atom. The van der Waals surface area contributed by atoms with Gasteiger partial charge in [-0.1, -0.05) is 15.9 Å². The van der Waals surface area contributed by atoms with Crippen LogP contribution in [0.15, 0.2) is 22.8 Å². The molecule has 110 valence electrons. The number of benzene rings is 1. The smallest absolute Gasteiger partial charge is 0.273 e. The first-order valence-electron chi connectivity index (χ1n) is 6.41. The summed E-state index contributed by atoms with van der Waals surface area (Å²) >= 11 is 3.49. The Hall–Kier alpha value is -2.09. The van der Waals surface area contributed by atoms with E-state index >= 15 is 0 Å². The van der Waals surface area contributed by atoms with Crippen molar-refractivity contribution in [1.82, 2.24) is 20.7 Å². The van der Waals surface area contributed by atoms with Gasteiger partial charge in [0.15, 0.2) is 17.2 Å². The molecule has 7 nitrogen and oxygen atoms in total. The molecule has 1 aromatic carbocycles. The van der Waals surface area contributed by atoms with Crippen LogP contribution in [0.3, 0.4) is 0 Å². The predicted octanol–water partition coefficient (Wildman–Crippen LogP) is 1.83. The molecular weight excluding hydrogens is 340 g/mol. The van der Waals surface area contributed by atoms with Crippen LogP contribution in [-0.4, -0.2) is 34.5 Å². The van der Waals surface area contributed by atoms with Crippen LogP contribution in [0, 0.1) is 0 Å². The van der Waals surface area contributed by atoms with Gasteiger partial charge in [-0.05, 0) is 24.6 Å². The van der Waals surface area contributed by atoms with Crippen LogP contribution in [0.5, 0.6) is 11.5 Å². The zero-order chi connectivity index (χ0) is 14.8. The van der Waals surface area contributed by atoms with E-state index < -0.39 is 0 Å². The van der Waals surface area contributed by atoms with Crippen molar-refractivity contribution in [2.45, 2.75) is 13.0 Å². The maximum atomic E-state index is 12.0. The molecular formula is C13H13BrN4O3. The number of carbonyl (C=O) groups excluding carboxylic acids is 1. The van der Waals surface area contributed by atoms with Gasteiger partial charge in [-0.25, -0.2) is 0 Å². The van der Waals surface area contributed by atoms with Crippen LogP contribution in [0.4, 0.5) is 0 Å². The molecule has 0 aliphatic carbocycles. The Kier molecular flexibility index (Phi) is 3.78. The fourth-order valence-corrected chi connectivity index (χ4v) is 2.74. The van der Waals surface area contributed by atoms with Gasteiger partial charge in [-0.3, -0.25) is 4.79 Å². The zero-order valence-electron chi connectivity index (χ0n) is 11.2. The van der Waals surface area contributed by atoms with Crippen LogP contribution >= 0.6 is 15.9 Å². The van der Waals surface area contributed by atoms with Crippen molar-refractivity contribution in [2.75, 3.05) is 13.2 Å². The third-order valence-corrected chi connectivity index (χ3v) is 3.81. The number of fused-ring (bicyclic) bond motifs is 1. The van der Waals surface area contributed by atoms with Crippen molar-refractivity contribution in [3.63, 3.8) is 0 Å². The van der Waals surface area contributed by atoms with Crippen molar-refractivity contribution < 1.29 is 14.3 Å². The lowest BCUT2D eigenvalue weighted by atomic mass is 10.1. The Labute approximate surface area is 129 Å². The highest BCUT2D eigenvalue weighted by Crippen LogP contribution is 2.37. The SMILES string of the molecule is C[C@@H](NC(=O)c1cn[nH]n1)c1cc2c(cc1Br)OCCO2. The number of amides is 1. The number of halogens is 1. The molecule has 2 aromatic rings. The van der Waals surface area contributed by atoms with Gasteiger partial charge in [-0.15, -0.1) is 0 Å². The van der Waals surface area contributed by atoms with Gasteiger partial charge >= 0.3 is 0 Å². The summed E-state index contributed by atoms with van der Waals surface area (Å²) in [6.07, 6.45) is 1.38. The van der Waals surface area contributed by atoms with Crippen LogP contribution in [0.1, 0.15) is 29.0 Å². The average molecular weight is 353 g/mol. The van der Waals surface area contributed by atoms with Crippen molar-refractivity contribution in [2.24, 2.45) is 0 Å². The molecule has 1 aromatic heterocycles. The second kappa shape index (κ2) is 5.72. The minimum atomic E-state index is -0.293. The van der Waals surface area contributed by atoms with Crippen molar-refractivity contribution in [3.8, 4) is 11.5 Å². The molecule has 1 atom stereocenters. The van der Waals surface area contributed by atoms with Crippen LogP contribution in [-0.2, 0) is 0 Å². The molecule has 0 bridgehead atoms. The molecule has 2 heterocycles. The van der Waals surface area contributed by atoms with Crippen molar-refractivity contribution in [3.05, 3.63) is 34.1 Å². The second-order valence-electron chi connectivity index (χ2n) is 4.57. The molecule has 1 amide bonds. The third kappa shape index (κ3) is 2.85. The Morgan fingerprint density at radius 3 is 2.76 bits per heavy atom. The van der Waals surface area contributed by atoms with Crippen molar-refractivity contribution in [1.29, 1.82) is 0 Å². The molecule has 21 heavy (non-hydrogen) atoms. The Morgan fingerprint density at radius 1 is 1.38 bits per heavy atom. The molecule has 0 fully saturated rings. The van der Waals surface area contributed by atoms with E-state index in [1.165, 1.54) is 6.20 Å². The number of nitrogens with zero attached hydrogens (tertiary/aromatic N) is 2. The van der Waals surface area contributed by atoms with E-state index in [0.717, 1.165) is 10.0 Å². The number of rotatable bonds is 3. The molecule has 8 heteroatoms. The van der Waals surface area contributed by atoms with Gasteiger partial charge in [0.05, 0.1) is 12.2 Å². The van der Waals surface area contributed by atoms with Gasteiger partial charge in [0.25, 0.3) is 5.91 Å². The Balaban J connectivity index is 1.81. The van der Waals surface area contributed by atoms with Gasteiger partial charge < -0.3 is 14.8 Å². The molecule has 2 N–H and O–H groups in total. The first-order chi connectivity index (χ1) is 10.1. The second-order valence-corrected chi connectivity index (χ2v) is 5.42. The van der Waals surface area contributed by atoms with E-state index in [2.05, 4.69) is 36.7 Å². The predicted molar refractivity (Wildman–Crippen MR) is 77.4 cm³/mol. The van der Waals surface area contributed by atoms with Gasteiger partial charge in [0.2, 0.25) is 0 Å². The fourth-order valence-electron chi connectivity index (χ4n) is 2.07. The average Bonchev–Trinajstić information content (AvgIpc) is 3.00. The largest absolute Gasteiger partial charge is 0.486 e.